The van der Waals surface area contributed by atoms with Crippen LogP contribution >= 0.6 is 0 Å². The van der Waals surface area contributed by atoms with E-state index >= 15 is 0 Å². The van der Waals surface area contributed by atoms with E-state index in [1.807, 2.05) is 0 Å². The molecule has 4 N–H and O–H groups in total. The summed E-state index contributed by atoms with van der Waals surface area (Å²) in [4.78, 5) is 0. The second-order valence-corrected chi connectivity index (χ2v) is 6.50. The molecule has 0 saturated heterocycles. The van der Waals surface area contributed by atoms with E-state index in [9.17, 15) is 8.42 Å². The molecule has 0 aromatic rings. The van der Waals surface area contributed by atoms with Crippen LogP contribution in [0.3, 0.4) is 0 Å². The molecule has 0 aromatic heterocycles. The summed E-state index contributed by atoms with van der Waals surface area (Å²) in [7, 11) is -3.37. The molecule has 0 radical (unpaired) electrons. The third-order valence-electron chi connectivity index (χ3n) is 3.29. The molecule has 7 heteroatoms. The maximum Gasteiger partial charge on any atom is 0.212 e. The molecule has 0 spiro atoms. The number of amidine groups is 1. The Balaban J connectivity index is 3.01. The first-order chi connectivity index (χ1) is 7.96. The lowest BCUT2D eigenvalue weighted by Crippen LogP contribution is -2.57. The predicted octanol–water partition coefficient (Wildman–Crippen LogP) is 0.765. The van der Waals surface area contributed by atoms with Gasteiger partial charge in [0, 0.05) is 0 Å². The zero-order valence-corrected chi connectivity index (χ0v) is 11.0. The Labute approximate surface area is 102 Å². The van der Waals surface area contributed by atoms with Gasteiger partial charge in [0.15, 0.2) is 5.84 Å². The van der Waals surface area contributed by atoms with Crippen molar-refractivity contribution in [1.29, 1.82) is 0 Å². The molecule has 1 rings (SSSR count). The Morgan fingerprint density at radius 1 is 1.35 bits per heavy atom. The average molecular weight is 263 g/mol. The highest BCUT2D eigenvalue weighted by Crippen LogP contribution is 2.28. The van der Waals surface area contributed by atoms with Gasteiger partial charge >= 0.3 is 0 Å². The molecule has 0 bridgehead atoms. The number of hydrogen-bond donors (Lipinski definition) is 3. The fourth-order valence-electron chi connectivity index (χ4n) is 2.21. The van der Waals surface area contributed by atoms with Gasteiger partial charge in [-0.3, -0.25) is 0 Å². The number of hydrogen-bond acceptors (Lipinski definition) is 4. The molecule has 0 aromatic carbocycles. The van der Waals surface area contributed by atoms with Gasteiger partial charge in [-0.15, -0.1) is 0 Å². The van der Waals surface area contributed by atoms with Crippen LogP contribution in [0.15, 0.2) is 5.16 Å². The summed E-state index contributed by atoms with van der Waals surface area (Å²) >= 11 is 0. The van der Waals surface area contributed by atoms with Crippen LogP contribution in [0.25, 0.3) is 0 Å². The van der Waals surface area contributed by atoms with Gasteiger partial charge in [-0.1, -0.05) is 30.8 Å². The number of nitrogens with one attached hydrogen (secondary N) is 1. The van der Waals surface area contributed by atoms with Crippen LogP contribution in [0.4, 0.5) is 0 Å². The van der Waals surface area contributed by atoms with E-state index in [0.717, 1.165) is 25.7 Å². The van der Waals surface area contributed by atoms with Crippen molar-refractivity contribution in [2.75, 3.05) is 5.75 Å². The van der Waals surface area contributed by atoms with Gasteiger partial charge in [-0.2, -0.15) is 0 Å². The lowest BCUT2D eigenvalue weighted by Gasteiger charge is -2.31. The Hall–Kier alpha value is -0.820. The quantitative estimate of drug-likeness (QED) is 0.229. The maximum absolute atomic E-state index is 11.7. The standard InChI is InChI=1S/C10H21N3O3S/c1-2-17(15,16)13-10(9(11)12-14)7-5-3-4-6-8-10/h13-14H,2-8H2,1H3,(H2,11,12). The van der Waals surface area contributed by atoms with Crippen LogP contribution in [0.1, 0.15) is 45.4 Å². The molecular formula is C10H21N3O3S. The van der Waals surface area contributed by atoms with E-state index < -0.39 is 15.6 Å². The van der Waals surface area contributed by atoms with Crippen LogP contribution in [0.5, 0.6) is 0 Å². The van der Waals surface area contributed by atoms with Gasteiger partial charge in [0.05, 0.1) is 11.3 Å². The molecule has 1 aliphatic carbocycles. The number of sulfonamides is 1. The van der Waals surface area contributed by atoms with Crippen molar-refractivity contribution in [2.45, 2.75) is 51.0 Å². The smallest absolute Gasteiger partial charge is 0.212 e. The monoisotopic (exact) mass is 263 g/mol. The fraction of sp³-hybridized carbons (Fsp3) is 0.900. The first-order valence-electron chi connectivity index (χ1n) is 5.95. The minimum Gasteiger partial charge on any atom is -0.409 e. The number of rotatable bonds is 4. The van der Waals surface area contributed by atoms with E-state index in [1.54, 1.807) is 6.92 Å². The molecule has 0 unspecified atom stereocenters. The molecule has 1 saturated carbocycles. The van der Waals surface area contributed by atoms with Crippen LogP contribution in [-0.2, 0) is 10.0 Å². The largest absolute Gasteiger partial charge is 0.409 e. The minimum absolute atomic E-state index is 0.00649. The van der Waals surface area contributed by atoms with Gasteiger partial charge in [-0.05, 0) is 19.8 Å². The van der Waals surface area contributed by atoms with Crippen molar-refractivity contribution in [1.82, 2.24) is 4.72 Å². The summed E-state index contributed by atoms with van der Waals surface area (Å²) in [5.74, 6) is -0.0376. The minimum atomic E-state index is -3.37. The summed E-state index contributed by atoms with van der Waals surface area (Å²) in [6.07, 6.45) is 5.03. The van der Waals surface area contributed by atoms with Crippen LogP contribution in [0.2, 0.25) is 0 Å². The molecule has 6 nitrogen and oxygen atoms in total. The van der Waals surface area contributed by atoms with Gasteiger partial charge < -0.3 is 10.9 Å². The highest BCUT2D eigenvalue weighted by Gasteiger charge is 2.38. The highest BCUT2D eigenvalue weighted by molar-refractivity contribution is 7.89. The van der Waals surface area contributed by atoms with Gasteiger partial charge in [0.2, 0.25) is 10.0 Å². The Morgan fingerprint density at radius 3 is 2.29 bits per heavy atom. The van der Waals surface area contributed by atoms with Gasteiger partial charge in [-0.25, -0.2) is 13.1 Å². The summed E-state index contributed by atoms with van der Waals surface area (Å²) in [5.41, 5.74) is 4.78. The second-order valence-electron chi connectivity index (χ2n) is 4.49. The summed E-state index contributed by atoms with van der Waals surface area (Å²) < 4.78 is 26.0. The lowest BCUT2D eigenvalue weighted by atomic mass is 9.90. The van der Waals surface area contributed by atoms with Crippen molar-refractivity contribution < 1.29 is 13.6 Å². The second kappa shape index (κ2) is 5.68. The van der Waals surface area contributed by atoms with E-state index in [2.05, 4.69) is 9.88 Å². The van der Waals surface area contributed by atoms with Crippen LogP contribution < -0.4 is 10.5 Å². The molecule has 17 heavy (non-hydrogen) atoms. The number of nitrogens with two attached hydrogens (primary N) is 1. The fourth-order valence-corrected chi connectivity index (χ4v) is 3.26. The van der Waals surface area contributed by atoms with E-state index in [4.69, 9.17) is 10.9 Å². The van der Waals surface area contributed by atoms with Gasteiger partial charge in [0.25, 0.3) is 0 Å². The third kappa shape index (κ3) is 3.57. The Kier molecular flexibility index (Phi) is 4.76. The van der Waals surface area contributed by atoms with Crippen LogP contribution in [0, 0.1) is 0 Å². The normalized spacial score (nSPS) is 22.1. The van der Waals surface area contributed by atoms with Crippen molar-refractivity contribution in [3.63, 3.8) is 0 Å². The lowest BCUT2D eigenvalue weighted by molar-refractivity contribution is 0.306. The molecular weight excluding hydrogens is 242 g/mol. The SMILES string of the molecule is CCS(=O)(=O)NC1(/C(N)=N/O)CCCCCC1. The zero-order valence-electron chi connectivity index (χ0n) is 10.1. The van der Waals surface area contributed by atoms with Crippen molar-refractivity contribution in [3.8, 4) is 0 Å². The zero-order chi connectivity index (χ0) is 12.9. The average Bonchev–Trinajstić information content (AvgIpc) is 2.54. The molecule has 0 heterocycles. The topological polar surface area (TPSA) is 105 Å². The third-order valence-corrected chi connectivity index (χ3v) is 4.75. The molecule has 100 valence electrons. The maximum atomic E-state index is 11.7. The van der Waals surface area contributed by atoms with E-state index in [-0.39, 0.29) is 11.6 Å². The molecule has 0 amide bonds. The molecule has 1 fully saturated rings. The molecule has 0 aliphatic heterocycles. The van der Waals surface area contributed by atoms with E-state index in [0.29, 0.717) is 12.8 Å². The Morgan fingerprint density at radius 2 is 1.88 bits per heavy atom. The summed E-state index contributed by atoms with van der Waals surface area (Å²) in [5, 5.41) is 11.9. The van der Waals surface area contributed by atoms with E-state index in [1.165, 1.54) is 0 Å². The first kappa shape index (κ1) is 14.2. The Bertz CT molecular complexity index is 370. The van der Waals surface area contributed by atoms with Crippen molar-refractivity contribution in [3.05, 3.63) is 0 Å². The number of nitrogens with zero attached hydrogens (tertiary/aromatic N) is 1. The molecule has 1 aliphatic rings. The van der Waals surface area contributed by atoms with Crippen molar-refractivity contribution >= 4 is 15.9 Å². The number of oxime groups is 1. The summed E-state index contributed by atoms with van der Waals surface area (Å²) in [6, 6.07) is 0. The predicted molar refractivity (Wildman–Crippen MR) is 66.4 cm³/mol. The highest BCUT2D eigenvalue weighted by atomic mass is 32.2. The van der Waals surface area contributed by atoms with Gasteiger partial charge in [0.1, 0.15) is 0 Å². The summed E-state index contributed by atoms with van der Waals surface area (Å²) in [6.45, 7) is 1.57. The first-order valence-corrected chi connectivity index (χ1v) is 7.60. The molecule has 0 atom stereocenters. The van der Waals surface area contributed by atoms with Crippen molar-refractivity contribution in [2.24, 2.45) is 10.9 Å². The van der Waals surface area contributed by atoms with Crippen LogP contribution in [-0.4, -0.2) is 30.8 Å².